The first-order chi connectivity index (χ1) is 16.7. The topological polar surface area (TPSA) is 95.6 Å². The number of fused-ring (bicyclic) bond motifs is 1. The van der Waals surface area contributed by atoms with Crippen LogP contribution in [0.5, 0.6) is 0 Å². The Bertz CT molecular complexity index is 1410. The van der Waals surface area contributed by atoms with E-state index in [1.807, 2.05) is 50.1 Å². The lowest BCUT2D eigenvalue weighted by Gasteiger charge is -2.28. The number of hydrogen-bond donors (Lipinski definition) is 1. The summed E-state index contributed by atoms with van der Waals surface area (Å²) in [5.41, 5.74) is 2.16. The minimum atomic E-state index is -3.70. The van der Waals surface area contributed by atoms with Crippen molar-refractivity contribution in [2.75, 3.05) is 24.5 Å². The van der Waals surface area contributed by atoms with Crippen molar-refractivity contribution in [3.8, 4) is 10.7 Å². The molecule has 8 nitrogen and oxygen atoms in total. The Hall–Kier alpha value is -2.73. The van der Waals surface area contributed by atoms with Crippen LogP contribution in [-0.4, -0.2) is 55.5 Å². The molecule has 35 heavy (non-hydrogen) atoms. The molecule has 0 aliphatic rings. The number of rotatable bonds is 10. The van der Waals surface area contributed by atoms with Crippen molar-refractivity contribution in [3.63, 3.8) is 0 Å². The van der Waals surface area contributed by atoms with Crippen molar-refractivity contribution in [3.05, 3.63) is 52.9 Å². The van der Waals surface area contributed by atoms with E-state index in [-0.39, 0.29) is 18.6 Å². The molecule has 0 bridgehead atoms. The molecule has 186 valence electrons. The van der Waals surface area contributed by atoms with E-state index >= 15 is 0 Å². The molecule has 0 saturated carbocycles. The fourth-order valence-electron chi connectivity index (χ4n) is 3.89. The first-order valence-electron chi connectivity index (χ1n) is 11.2. The van der Waals surface area contributed by atoms with Gasteiger partial charge >= 0.3 is 5.97 Å². The van der Waals surface area contributed by atoms with Crippen LogP contribution in [0, 0.1) is 0 Å². The average molecular weight is 533 g/mol. The van der Waals surface area contributed by atoms with Gasteiger partial charge in [-0.1, -0.05) is 18.2 Å². The summed E-state index contributed by atoms with van der Waals surface area (Å²) in [5.74, 6) is -0.255. The fraction of sp³-hybridized carbons (Fsp3) is 0.333. The molecular formula is C24H28N4O4S3. The number of sulfonamides is 1. The maximum atomic E-state index is 13.5. The second kappa shape index (κ2) is 10.5. The third-order valence-electron chi connectivity index (χ3n) is 5.26. The lowest BCUT2D eigenvalue weighted by molar-refractivity contribution is -0.144. The van der Waals surface area contributed by atoms with Crippen molar-refractivity contribution in [2.45, 2.75) is 37.6 Å². The van der Waals surface area contributed by atoms with Crippen LogP contribution in [0.1, 0.15) is 25.6 Å². The Morgan fingerprint density at radius 3 is 2.71 bits per heavy atom. The molecule has 1 aromatic carbocycles. The zero-order chi connectivity index (χ0) is 25.2. The minimum Gasteiger partial charge on any atom is -0.465 e. The Kier molecular flexibility index (Phi) is 7.60. The molecule has 11 heteroatoms. The SMILES string of the molecule is CCOC(=O)CN(C)Cc1cnc(-c2cc3cccc(N(C(C)C)S(=O)(=O)c4cccs4)c3[nH]2)s1. The van der Waals surface area contributed by atoms with Crippen molar-refractivity contribution >= 4 is 55.3 Å². The van der Waals surface area contributed by atoms with Crippen LogP contribution in [0.15, 0.2) is 52.2 Å². The Morgan fingerprint density at radius 2 is 2.03 bits per heavy atom. The third-order valence-corrected chi connectivity index (χ3v) is 9.64. The smallest absolute Gasteiger partial charge is 0.320 e. The van der Waals surface area contributed by atoms with Gasteiger partial charge in [0.05, 0.1) is 30.0 Å². The monoisotopic (exact) mass is 532 g/mol. The van der Waals surface area contributed by atoms with Gasteiger partial charge in [-0.05, 0) is 51.4 Å². The number of anilines is 1. The number of para-hydroxylation sites is 1. The highest BCUT2D eigenvalue weighted by molar-refractivity contribution is 7.94. The van der Waals surface area contributed by atoms with Gasteiger partial charge in [0.1, 0.15) is 9.22 Å². The molecule has 0 fully saturated rings. The van der Waals surface area contributed by atoms with Crippen molar-refractivity contribution in [1.82, 2.24) is 14.9 Å². The number of benzene rings is 1. The predicted octanol–water partition coefficient (Wildman–Crippen LogP) is 4.95. The number of nitrogens with zero attached hydrogens (tertiary/aromatic N) is 3. The van der Waals surface area contributed by atoms with E-state index in [2.05, 4.69) is 9.97 Å². The summed E-state index contributed by atoms with van der Waals surface area (Å²) < 4.78 is 33.7. The van der Waals surface area contributed by atoms with Crippen LogP contribution >= 0.6 is 22.7 Å². The zero-order valence-corrected chi connectivity index (χ0v) is 22.5. The molecule has 0 unspecified atom stereocenters. The van der Waals surface area contributed by atoms with Crippen LogP contribution in [0.25, 0.3) is 21.6 Å². The summed E-state index contributed by atoms with van der Waals surface area (Å²) in [6.07, 6.45) is 1.80. The quantitative estimate of drug-likeness (QED) is 0.290. The standard InChI is InChI=1S/C24H28N4O4S3/c1-5-32-21(29)15-27(4)14-18-13-25-24(34-18)19-12-17-8-6-9-20(23(17)26-19)28(16(2)3)35(30,31)22-10-7-11-33-22/h6-13,16,26H,5,14-15H2,1-4H3. The van der Waals surface area contributed by atoms with Crippen molar-refractivity contribution in [1.29, 1.82) is 0 Å². The highest BCUT2D eigenvalue weighted by Gasteiger charge is 2.30. The summed E-state index contributed by atoms with van der Waals surface area (Å²) >= 11 is 2.74. The highest BCUT2D eigenvalue weighted by Crippen LogP contribution is 2.36. The molecule has 4 aromatic rings. The molecule has 0 spiro atoms. The van der Waals surface area contributed by atoms with E-state index in [0.29, 0.717) is 23.0 Å². The van der Waals surface area contributed by atoms with E-state index in [4.69, 9.17) is 4.74 Å². The normalized spacial score (nSPS) is 12.1. The third kappa shape index (κ3) is 5.43. The number of carbonyl (C=O) groups is 1. The van der Waals surface area contributed by atoms with Gasteiger partial charge in [0.15, 0.2) is 0 Å². The van der Waals surface area contributed by atoms with Gasteiger partial charge in [-0.15, -0.1) is 22.7 Å². The second-order valence-electron chi connectivity index (χ2n) is 8.36. The molecule has 0 amide bonds. The van der Waals surface area contributed by atoms with Crippen LogP contribution in [0.4, 0.5) is 5.69 Å². The number of thiazole rings is 1. The van der Waals surface area contributed by atoms with Crippen LogP contribution in [0.3, 0.4) is 0 Å². The van der Waals surface area contributed by atoms with Crippen LogP contribution in [0.2, 0.25) is 0 Å². The van der Waals surface area contributed by atoms with Gasteiger partial charge in [0.2, 0.25) is 0 Å². The second-order valence-corrected chi connectivity index (χ2v) is 12.5. The summed E-state index contributed by atoms with van der Waals surface area (Å²) in [5, 5.41) is 3.47. The Labute approximate surface area is 213 Å². The maximum absolute atomic E-state index is 13.5. The average Bonchev–Trinajstić information content (AvgIpc) is 3.54. The molecule has 0 aliphatic carbocycles. The van der Waals surface area contributed by atoms with Crippen molar-refractivity contribution < 1.29 is 17.9 Å². The minimum absolute atomic E-state index is 0.209. The summed E-state index contributed by atoms with van der Waals surface area (Å²) in [6.45, 7) is 6.67. The van der Waals surface area contributed by atoms with Crippen LogP contribution < -0.4 is 4.31 Å². The van der Waals surface area contributed by atoms with Crippen molar-refractivity contribution in [2.24, 2.45) is 0 Å². The first-order valence-corrected chi connectivity index (χ1v) is 14.3. The molecular weight excluding hydrogens is 504 g/mol. The van der Waals surface area contributed by atoms with Crippen LogP contribution in [-0.2, 0) is 26.1 Å². The number of thiophene rings is 1. The number of likely N-dealkylation sites (N-methyl/N-ethyl adjacent to an activating group) is 1. The lowest BCUT2D eigenvalue weighted by Crippen LogP contribution is -2.36. The van der Waals surface area contributed by atoms with Gasteiger partial charge in [0, 0.05) is 29.0 Å². The number of hydrogen-bond acceptors (Lipinski definition) is 8. The number of carbonyl (C=O) groups excluding carboxylic acids is 1. The summed E-state index contributed by atoms with van der Waals surface area (Å²) in [6, 6.07) is 10.7. The molecule has 4 rings (SSSR count). The molecule has 3 aromatic heterocycles. The Balaban J connectivity index is 1.64. The van der Waals surface area contributed by atoms with E-state index < -0.39 is 10.0 Å². The number of H-pyrrole nitrogens is 1. The highest BCUT2D eigenvalue weighted by atomic mass is 32.2. The molecule has 0 radical (unpaired) electrons. The number of aromatic amines is 1. The number of esters is 1. The molecule has 0 aliphatic heterocycles. The van der Waals surface area contributed by atoms with Gasteiger partial charge < -0.3 is 9.72 Å². The summed E-state index contributed by atoms with van der Waals surface area (Å²) in [4.78, 5) is 22.6. The maximum Gasteiger partial charge on any atom is 0.320 e. The van der Waals surface area contributed by atoms with Gasteiger partial charge in [-0.25, -0.2) is 13.4 Å². The predicted molar refractivity (Wildman–Crippen MR) is 141 cm³/mol. The number of ether oxygens (including phenoxy) is 1. The van der Waals surface area contributed by atoms with Gasteiger partial charge in [-0.3, -0.25) is 14.0 Å². The number of aromatic nitrogens is 2. The number of nitrogens with one attached hydrogen (secondary N) is 1. The van der Waals surface area contributed by atoms with E-state index in [1.165, 1.54) is 27.0 Å². The van der Waals surface area contributed by atoms with E-state index in [1.54, 1.807) is 30.6 Å². The molecule has 3 heterocycles. The van der Waals surface area contributed by atoms with Gasteiger partial charge in [-0.2, -0.15) is 0 Å². The largest absolute Gasteiger partial charge is 0.465 e. The fourth-order valence-corrected chi connectivity index (χ4v) is 7.60. The van der Waals surface area contributed by atoms with Gasteiger partial charge in [0.25, 0.3) is 10.0 Å². The lowest BCUT2D eigenvalue weighted by atomic mass is 10.2. The molecule has 0 atom stereocenters. The van der Waals surface area contributed by atoms with E-state index in [0.717, 1.165) is 26.5 Å². The molecule has 1 N–H and O–H groups in total. The molecule has 0 saturated heterocycles. The first kappa shape index (κ1) is 25.4. The summed E-state index contributed by atoms with van der Waals surface area (Å²) in [7, 11) is -1.84. The zero-order valence-electron chi connectivity index (χ0n) is 20.0. The van der Waals surface area contributed by atoms with E-state index in [9.17, 15) is 13.2 Å². The Morgan fingerprint density at radius 1 is 1.23 bits per heavy atom.